The Hall–Kier alpha value is -0.930. The molecule has 0 spiro atoms. The van der Waals surface area contributed by atoms with Crippen molar-refractivity contribution in [2.24, 2.45) is 11.7 Å². The normalized spacial score (nSPS) is 19.2. The van der Waals surface area contributed by atoms with Gasteiger partial charge in [0, 0.05) is 5.02 Å². The Balaban J connectivity index is 2.33. The summed E-state index contributed by atoms with van der Waals surface area (Å²) in [5.41, 5.74) is 5.02. The third kappa shape index (κ3) is 1.97. The number of hydrogen-bond acceptors (Lipinski definition) is 2. The molecule has 0 heterocycles. The molecule has 1 atom stereocenters. The standard InChI is InChI=1S/C12H13ClFNO/c1-12(15,7-2-3-7)11(16)9-5-4-8(13)6-10(9)14/h4-7H,2-3,15H2,1H3. The minimum absolute atomic E-state index is 0.0290. The molecule has 0 amide bonds. The molecular weight excluding hydrogens is 229 g/mol. The van der Waals surface area contributed by atoms with Gasteiger partial charge in [0.1, 0.15) is 5.82 Å². The van der Waals surface area contributed by atoms with Crippen LogP contribution in [0.15, 0.2) is 18.2 Å². The third-order valence-corrected chi connectivity index (χ3v) is 3.33. The van der Waals surface area contributed by atoms with E-state index in [4.69, 9.17) is 17.3 Å². The van der Waals surface area contributed by atoms with Crippen LogP contribution in [0, 0.1) is 11.7 Å². The summed E-state index contributed by atoms with van der Waals surface area (Å²) in [5.74, 6) is -0.769. The van der Waals surface area contributed by atoms with Crippen molar-refractivity contribution in [2.45, 2.75) is 25.3 Å². The first-order valence-corrected chi connectivity index (χ1v) is 5.59. The van der Waals surface area contributed by atoms with Crippen LogP contribution in [-0.4, -0.2) is 11.3 Å². The van der Waals surface area contributed by atoms with Crippen molar-refractivity contribution >= 4 is 17.4 Å². The van der Waals surface area contributed by atoms with Gasteiger partial charge in [0.05, 0.1) is 11.1 Å². The first-order valence-electron chi connectivity index (χ1n) is 5.21. The highest BCUT2D eigenvalue weighted by atomic mass is 35.5. The second-order valence-electron chi connectivity index (χ2n) is 4.51. The lowest BCUT2D eigenvalue weighted by atomic mass is 9.87. The first-order chi connectivity index (χ1) is 7.43. The van der Waals surface area contributed by atoms with Gasteiger partial charge < -0.3 is 5.73 Å². The maximum atomic E-state index is 13.6. The van der Waals surface area contributed by atoms with E-state index < -0.39 is 11.4 Å². The van der Waals surface area contributed by atoms with E-state index in [2.05, 4.69) is 0 Å². The van der Waals surface area contributed by atoms with E-state index in [1.807, 2.05) is 0 Å². The number of rotatable bonds is 3. The van der Waals surface area contributed by atoms with Crippen molar-refractivity contribution in [1.29, 1.82) is 0 Å². The van der Waals surface area contributed by atoms with Crippen LogP contribution < -0.4 is 5.73 Å². The molecule has 1 aliphatic carbocycles. The highest BCUT2D eigenvalue weighted by Crippen LogP contribution is 2.40. The van der Waals surface area contributed by atoms with E-state index in [0.717, 1.165) is 18.9 Å². The molecule has 16 heavy (non-hydrogen) atoms. The molecule has 1 fully saturated rings. The largest absolute Gasteiger partial charge is 0.319 e. The van der Waals surface area contributed by atoms with Gasteiger partial charge in [-0.15, -0.1) is 0 Å². The SMILES string of the molecule is CC(N)(C(=O)c1ccc(Cl)cc1F)C1CC1. The molecule has 2 rings (SSSR count). The molecule has 1 aromatic rings. The van der Waals surface area contributed by atoms with E-state index in [0.29, 0.717) is 0 Å². The first kappa shape index (κ1) is 11.6. The van der Waals surface area contributed by atoms with E-state index in [1.54, 1.807) is 6.92 Å². The highest BCUT2D eigenvalue weighted by Gasteiger charge is 2.44. The lowest BCUT2D eigenvalue weighted by Gasteiger charge is -2.22. The van der Waals surface area contributed by atoms with E-state index in [-0.39, 0.29) is 22.3 Å². The Labute approximate surface area is 98.6 Å². The molecule has 0 saturated heterocycles. The molecule has 0 bridgehead atoms. The van der Waals surface area contributed by atoms with E-state index in [1.165, 1.54) is 12.1 Å². The van der Waals surface area contributed by atoms with Gasteiger partial charge in [-0.2, -0.15) is 0 Å². The third-order valence-electron chi connectivity index (χ3n) is 3.09. The molecule has 1 aromatic carbocycles. The van der Waals surface area contributed by atoms with Gasteiger partial charge in [-0.25, -0.2) is 4.39 Å². The fourth-order valence-corrected chi connectivity index (χ4v) is 1.99. The average molecular weight is 242 g/mol. The van der Waals surface area contributed by atoms with E-state index in [9.17, 15) is 9.18 Å². The monoisotopic (exact) mass is 241 g/mol. The summed E-state index contributed by atoms with van der Waals surface area (Å²) in [6, 6.07) is 4.03. The Kier molecular flexibility index (Phi) is 2.76. The molecule has 1 aliphatic rings. The van der Waals surface area contributed by atoms with E-state index >= 15 is 0 Å². The van der Waals surface area contributed by atoms with Crippen LogP contribution in [0.2, 0.25) is 5.02 Å². The molecule has 1 saturated carbocycles. The topological polar surface area (TPSA) is 43.1 Å². The van der Waals surface area contributed by atoms with Crippen molar-refractivity contribution in [1.82, 2.24) is 0 Å². The summed E-state index contributed by atoms with van der Waals surface area (Å²) in [4.78, 5) is 12.1. The van der Waals surface area contributed by atoms with Crippen molar-refractivity contribution in [3.63, 3.8) is 0 Å². The number of benzene rings is 1. The number of carbonyl (C=O) groups is 1. The minimum Gasteiger partial charge on any atom is -0.319 e. The van der Waals surface area contributed by atoms with Crippen molar-refractivity contribution < 1.29 is 9.18 Å². The molecule has 0 aromatic heterocycles. The molecule has 2 N–H and O–H groups in total. The second-order valence-corrected chi connectivity index (χ2v) is 4.95. The molecule has 86 valence electrons. The Morgan fingerprint density at radius 2 is 2.19 bits per heavy atom. The predicted octanol–water partition coefficient (Wildman–Crippen LogP) is 2.79. The summed E-state index contributed by atoms with van der Waals surface area (Å²) in [6.07, 6.45) is 1.88. The number of nitrogens with two attached hydrogens (primary N) is 1. The minimum atomic E-state index is -0.964. The van der Waals surface area contributed by atoms with Crippen molar-refractivity contribution in [2.75, 3.05) is 0 Å². The smallest absolute Gasteiger partial charge is 0.185 e. The van der Waals surface area contributed by atoms with Crippen molar-refractivity contribution in [3.8, 4) is 0 Å². The molecule has 4 heteroatoms. The fourth-order valence-electron chi connectivity index (χ4n) is 1.83. The van der Waals surface area contributed by atoms with Gasteiger partial charge in [0.15, 0.2) is 5.78 Å². The predicted molar refractivity (Wildman–Crippen MR) is 61.1 cm³/mol. The van der Waals surface area contributed by atoms with Crippen LogP contribution >= 0.6 is 11.6 Å². The number of hydrogen-bond donors (Lipinski definition) is 1. The van der Waals surface area contributed by atoms with Crippen LogP contribution in [0.1, 0.15) is 30.1 Å². The lowest BCUT2D eigenvalue weighted by molar-refractivity contribution is 0.0879. The Morgan fingerprint density at radius 1 is 1.56 bits per heavy atom. The zero-order valence-corrected chi connectivity index (χ0v) is 9.72. The molecule has 2 nitrogen and oxygen atoms in total. The van der Waals surface area contributed by atoms with Crippen molar-refractivity contribution in [3.05, 3.63) is 34.6 Å². The van der Waals surface area contributed by atoms with Crippen LogP contribution in [0.25, 0.3) is 0 Å². The zero-order valence-electron chi connectivity index (χ0n) is 8.97. The Morgan fingerprint density at radius 3 is 2.69 bits per heavy atom. The summed E-state index contributed by atoms with van der Waals surface area (Å²) in [6.45, 7) is 1.67. The molecular formula is C12H13ClFNO. The molecule has 0 radical (unpaired) electrons. The molecule has 1 unspecified atom stereocenters. The quantitative estimate of drug-likeness (QED) is 0.827. The van der Waals surface area contributed by atoms with Crippen LogP contribution in [0.3, 0.4) is 0 Å². The highest BCUT2D eigenvalue weighted by molar-refractivity contribution is 6.30. The Bertz CT molecular complexity index is 441. The second kappa shape index (κ2) is 3.82. The van der Waals surface area contributed by atoms with Crippen LogP contribution in [0.4, 0.5) is 4.39 Å². The number of Topliss-reactive ketones (excluding diaryl/α,β-unsaturated/α-hetero) is 1. The number of halogens is 2. The van der Waals surface area contributed by atoms with Gasteiger partial charge in [0.25, 0.3) is 0 Å². The summed E-state index contributed by atoms with van der Waals surface area (Å²) < 4.78 is 13.6. The summed E-state index contributed by atoms with van der Waals surface area (Å²) in [7, 11) is 0. The van der Waals surface area contributed by atoms with Gasteiger partial charge in [-0.1, -0.05) is 11.6 Å². The molecule has 0 aliphatic heterocycles. The average Bonchev–Trinajstić information content (AvgIpc) is 2.99. The maximum Gasteiger partial charge on any atom is 0.185 e. The summed E-state index contributed by atoms with van der Waals surface area (Å²) in [5, 5.41) is 0.277. The number of carbonyl (C=O) groups excluding carboxylic acids is 1. The van der Waals surface area contributed by atoms with Crippen LogP contribution in [0.5, 0.6) is 0 Å². The summed E-state index contributed by atoms with van der Waals surface area (Å²) >= 11 is 5.63. The number of ketones is 1. The van der Waals surface area contributed by atoms with Gasteiger partial charge in [-0.05, 0) is 43.9 Å². The van der Waals surface area contributed by atoms with Gasteiger partial charge >= 0.3 is 0 Å². The van der Waals surface area contributed by atoms with Crippen LogP contribution in [-0.2, 0) is 0 Å². The van der Waals surface area contributed by atoms with Gasteiger partial charge in [-0.3, -0.25) is 4.79 Å². The maximum absolute atomic E-state index is 13.6. The van der Waals surface area contributed by atoms with Gasteiger partial charge in [0.2, 0.25) is 0 Å². The zero-order chi connectivity index (χ0) is 11.9. The lowest BCUT2D eigenvalue weighted by Crippen LogP contribution is -2.47. The fraction of sp³-hybridized carbons (Fsp3) is 0.417.